The molecule has 0 N–H and O–H groups in total. The van der Waals surface area contributed by atoms with Gasteiger partial charge in [-0.25, -0.2) is 4.98 Å². The van der Waals surface area contributed by atoms with Gasteiger partial charge in [-0.15, -0.1) is 0 Å². The molecule has 0 atom stereocenters. The van der Waals surface area contributed by atoms with Crippen molar-refractivity contribution in [2.45, 2.75) is 44.6 Å². The molecule has 0 aromatic carbocycles. The van der Waals surface area contributed by atoms with Gasteiger partial charge in [0.25, 0.3) is 0 Å². The van der Waals surface area contributed by atoms with Gasteiger partial charge in [0.2, 0.25) is 11.8 Å². The Morgan fingerprint density at radius 3 is 2.58 bits per heavy atom. The molecule has 130 valence electrons. The first-order chi connectivity index (χ1) is 11.7. The van der Waals surface area contributed by atoms with Gasteiger partial charge in [-0.2, -0.15) is 4.98 Å². The summed E-state index contributed by atoms with van der Waals surface area (Å²) in [4.78, 5) is 33.9. The van der Waals surface area contributed by atoms with E-state index in [1.54, 1.807) is 12.3 Å². The van der Waals surface area contributed by atoms with Crippen molar-refractivity contribution < 1.29 is 19.1 Å². The molecule has 2 heterocycles. The third-order valence-corrected chi connectivity index (χ3v) is 4.72. The molecule has 3 rings (SSSR count). The van der Waals surface area contributed by atoms with Crippen LogP contribution >= 0.6 is 0 Å². The summed E-state index contributed by atoms with van der Waals surface area (Å²) in [6.45, 7) is 1.38. The molecule has 7 nitrogen and oxygen atoms in total. The lowest BCUT2D eigenvalue weighted by atomic mass is 9.87. The summed E-state index contributed by atoms with van der Waals surface area (Å²) in [5, 5.41) is 0. The highest BCUT2D eigenvalue weighted by Gasteiger charge is 2.31. The van der Waals surface area contributed by atoms with E-state index in [2.05, 4.69) is 9.97 Å². The highest BCUT2D eigenvalue weighted by molar-refractivity contribution is 5.84. The molecule has 1 amide bonds. The van der Waals surface area contributed by atoms with Gasteiger partial charge >= 0.3 is 6.01 Å². The van der Waals surface area contributed by atoms with Crippen LogP contribution in [0.4, 0.5) is 0 Å². The van der Waals surface area contributed by atoms with E-state index in [4.69, 9.17) is 9.47 Å². The van der Waals surface area contributed by atoms with Crippen molar-refractivity contribution in [3.05, 3.63) is 12.3 Å². The molecule has 0 bridgehead atoms. The summed E-state index contributed by atoms with van der Waals surface area (Å²) in [7, 11) is 1.52. The first-order valence-corrected chi connectivity index (χ1v) is 8.50. The van der Waals surface area contributed by atoms with Crippen molar-refractivity contribution in [2.24, 2.45) is 5.92 Å². The third-order valence-electron chi connectivity index (χ3n) is 4.72. The predicted molar refractivity (Wildman–Crippen MR) is 85.8 cm³/mol. The minimum atomic E-state index is 0.0197. The second kappa shape index (κ2) is 7.59. The average molecular weight is 333 g/mol. The number of nitrogens with zero attached hydrogens (tertiary/aromatic N) is 3. The summed E-state index contributed by atoms with van der Waals surface area (Å²) in [5.74, 6) is 1.000. The second-order valence-corrected chi connectivity index (χ2v) is 6.34. The van der Waals surface area contributed by atoms with Gasteiger partial charge in [0, 0.05) is 57.0 Å². The Morgan fingerprint density at radius 2 is 1.92 bits per heavy atom. The molecule has 24 heavy (non-hydrogen) atoms. The van der Waals surface area contributed by atoms with Gasteiger partial charge in [0.15, 0.2) is 0 Å². The zero-order valence-electron chi connectivity index (χ0n) is 13.9. The Bertz CT molecular complexity index is 589. The van der Waals surface area contributed by atoms with Gasteiger partial charge in [-0.1, -0.05) is 0 Å². The summed E-state index contributed by atoms with van der Waals surface area (Å²) in [6.07, 6.45) is 5.71. The SMILES string of the molecule is COc1nccc(OC2CCN(C(=O)C3CCC(=O)CC3)CC2)n1. The van der Waals surface area contributed by atoms with E-state index in [1.165, 1.54) is 7.11 Å². The number of piperidine rings is 1. The Labute approximate surface area is 141 Å². The van der Waals surface area contributed by atoms with Crippen LogP contribution in [-0.4, -0.2) is 52.9 Å². The van der Waals surface area contributed by atoms with Crippen LogP contribution in [0.5, 0.6) is 11.9 Å². The van der Waals surface area contributed by atoms with Crippen LogP contribution < -0.4 is 9.47 Å². The average Bonchev–Trinajstić information content (AvgIpc) is 2.62. The lowest BCUT2D eigenvalue weighted by molar-refractivity contribution is -0.139. The standard InChI is InChI=1S/C17H23N3O4/c1-23-17-18-9-6-15(19-17)24-14-7-10-20(11-8-14)16(22)12-2-4-13(21)5-3-12/h6,9,12,14H,2-5,7-8,10-11H2,1H3. The van der Waals surface area contributed by atoms with E-state index in [-0.39, 0.29) is 29.7 Å². The molecular weight excluding hydrogens is 310 g/mol. The van der Waals surface area contributed by atoms with E-state index in [9.17, 15) is 9.59 Å². The van der Waals surface area contributed by atoms with Gasteiger partial charge in [-0.05, 0) is 12.8 Å². The van der Waals surface area contributed by atoms with Crippen LogP contribution in [0.25, 0.3) is 0 Å². The van der Waals surface area contributed by atoms with Crippen LogP contribution in [0.3, 0.4) is 0 Å². The number of likely N-dealkylation sites (tertiary alicyclic amines) is 1. The molecule has 0 unspecified atom stereocenters. The van der Waals surface area contributed by atoms with Crippen molar-refractivity contribution in [1.29, 1.82) is 0 Å². The van der Waals surface area contributed by atoms with E-state index in [0.717, 1.165) is 12.8 Å². The number of aromatic nitrogens is 2. The number of amides is 1. The maximum Gasteiger partial charge on any atom is 0.319 e. The molecular formula is C17H23N3O4. The summed E-state index contributed by atoms with van der Waals surface area (Å²) in [5.41, 5.74) is 0. The van der Waals surface area contributed by atoms with Gasteiger partial charge in [-0.3, -0.25) is 9.59 Å². The summed E-state index contributed by atoms with van der Waals surface area (Å²) < 4.78 is 10.9. The van der Waals surface area contributed by atoms with Crippen LogP contribution in [0, 0.1) is 5.92 Å². The third kappa shape index (κ3) is 4.01. The van der Waals surface area contributed by atoms with E-state index >= 15 is 0 Å². The molecule has 2 aliphatic rings. The minimum absolute atomic E-state index is 0.0197. The van der Waals surface area contributed by atoms with Crippen LogP contribution in [0.2, 0.25) is 0 Å². The van der Waals surface area contributed by atoms with Crippen molar-refractivity contribution in [2.75, 3.05) is 20.2 Å². The van der Waals surface area contributed by atoms with Gasteiger partial charge in [0.05, 0.1) is 7.11 Å². The maximum atomic E-state index is 12.5. The smallest absolute Gasteiger partial charge is 0.319 e. The molecule has 1 aliphatic carbocycles. The fraction of sp³-hybridized carbons (Fsp3) is 0.647. The first kappa shape index (κ1) is 16.7. The van der Waals surface area contributed by atoms with Crippen molar-refractivity contribution in [3.63, 3.8) is 0 Å². The van der Waals surface area contributed by atoms with Crippen molar-refractivity contribution in [3.8, 4) is 11.9 Å². The molecule has 0 spiro atoms. The summed E-state index contributed by atoms with van der Waals surface area (Å²) in [6, 6.07) is 1.99. The number of ketones is 1. The predicted octanol–water partition coefficient (Wildman–Crippen LogP) is 1.61. The van der Waals surface area contributed by atoms with Gasteiger partial charge in [0.1, 0.15) is 11.9 Å². The quantitative estimate of drug-likeness (QED) is 0.833. The van der Waals surface area contributed by atoms with E-state index in [0.29, 0.717) is 44.7 Å². The zero-order chi connectivity index (χ0) is 16.9. The number of hydrogen-bond acceptors (Lipinski definition) is 6. The second-order valence-electron chi connectivity index (χ2n) is 6.34. The Kier molecular flexibility index (Phi) is 5.27. The molecule has 1 saturated carbocycles. The number of carbonyl (C=O) groups is 2. The molecule has 0 radical (unpaired) electrons. The molecule has 7 heteroatoms. The first-order valence-electron chi connectivity index (χ1n) is 8.50. The highest BCUT2D eigenvalue weighted by Crippen LogP contribution is 2.26. The Hall–Kier alpha value is -2.18. The van der Waals surface area contributed by atoms with Crippen LogP contribution in [0.1, 0.15) is 38.5 Å². The van der Waals surface area contributed by atoms with Crippen LogP contribution in [0.15, 0.2) is 12.3 Å². The van der Waals surface area contributed by atoms with E-state index in [1.807, 2.05) is 4.90 Å². The minimum Gasteiger partial charge on any atom is -0.474 e. The monoisotopic (exact) mass is 333 g/mol. The zero-order valence-corrected chi connectivity index (χ0v) is 13.9. The topological polar surface area (TPSA) is 81.6 Å². The molecule has 2 fully saturated rings. The molecule has 1 aromatic heterocycles. The summed E-state index contributed by atoms with van der Waals surface area (Å²) >= 11 is 0. The lowest BCUT2D eigenvalue weighted by Crippen LogP contribution is -2.45. The lowest BCUT2D eigenvalue weighted by Gasteiger charge is -2.34. The number of methoxy groups -OCH3 is 1. The van der Waals surface area contributed by atoms with Crippen molar-refractivity contribution >= 4 is 11.7 Å². The number of ether oxygens (including phenoxy) is 2. The highest BCUT2D eigenvalue weighted by atomic mass is 16.5. The largest absolute Gasteiger partial charge is 0.474 e. The maximum absolute atomic E-state index is 12.5. The number of Topliss-reactive ketones (excluding diaryl/α,β-unsaturated/α-hetero) is 1. The Morgan fingerprint density at radius 1 is 1.21 bits per heavy atom. The fourth-order valence-corrected chi connectivity index (χ4v) is 3.30. The number of carbonyl (C=O) groups excluding carboxylic acids is 2. The number of hydrogen-bond donors (Lipinski definition) is 0. The molecule has 1 saturated heterocycles. The number of rotatable bonds is 4. The van der Waals surface area contributed by atoms with Crippen molar-refractivity contribution in [1.82, 2.24) is 14.9 Å². The van der Waals surface area contributed by atoms with Crippen LogP contribution in [-0.2, 0) is 9.59 Å². The normalized spacial score (nSPS) is 20.0. The Balaban J connectivity index is 1.48. The molecule has 1 aliphatic heterocycles. The fourth-order valence-electron chi connectivity index (χ4n) is 3.30. The molecule has 1 aromatic rings. The van der Waals surface area contributed by atoms with E-state index < -0.39 is 0 Å². The van der Waals surface area contributed by atoms with Gasteiger partial charge < -0.3 is 14.4 Å².